The fourth-order valence-corrected chi connectivity index (χ4v) is 1.90. The van der Waals surface area contributed by atoms with Crippen molar-refractivity contribution >= 4 is 11.6 Å². The summed E-state index contributed by atoms with van der Waals surface area (Å²) < 4.78 is 0. The van der Waals surface area contributed by atoms with E-state index in [0.717, 1.165) is 37.0 Å². The van der Waals surface area contributed by atoms with Crippen LogP contribution in [0.4, 0.5) is 11.6 Å². The molecule has 108 valence electrons. The first-order chi connectivity index (χ1) is 8.89. The number of hydrogen-bond acceptors (Lipinski definition) is 5. The van der Waals surface area contributed by atoms with Crippen LogP contribution in [0.5, 0.6) is 0 Å². The molecular weight excluding hydrogens is 240 g/mol. The van der Waals surface area contributed by atoms with Crippen LogP contribution >= 0.6 is 0 Å². The maximum absolute atomic E-state index is 9.98. The highest BCUT2D eigenvalue weighted by Crippen LogP contribution is 2.18. The summed E-state index contributed by atoms with van der Waals surface area (Å²) in [6.45, 7) is 11.9. The van der Waals surface area contributed by atoms with Crippen LogP contribution in [-0.2, 0) is 6.42 Å². The molecule has 0 aromatic carbocycles. The summed E-state index contributed by atoms with van der Waals surface area (Å²) in [7, 11) is 0. The van der Waals surface area contributed by atoms with Gasteiger partial charge in [-0.15, -0.1) is 0 Å². The molecule has 1 aromatic rings. The lowest BCUT2D eigenvalue weighted by Gasteiger charge is -2.29. The third-order valence-electron chi connectivity index (χ3n) is 2.72. The standard InChI is InChI=1S/C14H26N4O/c1-6-11-16-12(15-7-2)9-13(17-11)18(8-3)10-14(4,5)19/h9,19H,6-8,10H2,1-5H3,(H,15,16,17). The Kier molecular flexibility index (Phi) is 5.54. The maximum Gasteiger partial charge on any atom is 0.134 e. The van der Waals surface area contributed by atoms with Crippen LogP contribution in [-0.4, -0.2) is 40.3 Å². The molecule has 0 aliphatic heterocycles. The van der Waals surface area contributed by atoms with E-state index in [0.29, 0.717) is 6.54 Å². The van der Waals surface area contributed by atoms with Crippen LogP contribution in [0.1, 0.15) is 40.4 Å². The van der Waals surface area contributed by atoms with Crippen molar-refractivity contribution in [3.05, 3.63) is 11.9 Å². The number of anilines is 2. The van der Waals surface area contributed by atoms with E-state index in [1.807, 2.05) is 33.8 Å². The van der Waals surface area contributed by atoms with Crippen LogP contribution in [0, 0.1) is 0 Å². The molecule has 0 spiro atoms. The number of likely N-dealkylation sites (N-methyl/N-ethyl adjacent to an activating group) is 1. The lowest BCUT2D eigenvalue weighted by molar-refractivity contribution is 0.0874. The van der Waals surface area contributed by atoms with Gasteiger partial charge in [0.25, 0.3) is 0 Å². The summed E-state index contributed by atoms with van der Waals surface area (Å²) >= 11 is 0. The first kappa shape index (κ1) is 15.7. The van der Waals surface area contributed by atoms with E-state index in [1.54, 1.807) is 0 Å². The molecular formula is C14H26N4O. The number of rotatable bonds is 7. The second-order valence-corrected chi connectivity index (χ2v) is 5.24. The Balaban J connectivity index is 3.04. The molecule has 1 aromatic heterocycles. The first-order valence-electron chi connectivity index (χ1n) is 6.98. The zero-order valence-electron chi connectivity index (χ0n) is 12.7. The molecule has 1 heterocycles. The van der Waals surface area contributed by atoms with E-state index in [2.05, 4.69) is 27.1 Å². The molecule has 0 amide bonds. The molecule has 0 unspecified atom stereocenters. The normalized spacial score (nSPS) is 11.5. The Morgan fingerprint density at radius 2 is 1.95 bits per heavy atom. The van der Waals surface area contributed by atoms with Gasteiger partial charge in [-0.3, -0.25) is 0 Å². The Labute approximate surface area is 116 Å². The molecule has 0 saturated heterocycles. The Bertz CT molecular complexity index is 401. The summed E-state index contributed by atoms with van der Waals surface area (Å²) in [5, 5.41) is 13.2. The summed E-state index contributed by atoms with van der Waals surface area (Å²) in [5.74, 6) is 2.54. The molecule has 5 heteroatoms. The lowest BCUT2D eigenvalue weighted by Crippen LogP contribution is -2.39. The molecule has 2 N–H and O–H groups in total. The third kappa shape index (κ3) is 5.03. The average molecular weight is 266 g/mol. The quantitative estimate of drug-likeness (QED) is 0.791. The van der Waals surface area contributed by atoms with Gasteiger partial charge in [0, 0.05) is 32.1 Å². The predicted octanol–water partition coefficient (Wildman–Crippen LogP) is 2.07. The Morgan fingerprint density at radius 1 is 1.26 bits per heavy atom. The molecule has 5 nitrogen and oxygen atoms in total. The van der Waals surface area contributed by atoms with Gasteiger partial charge in [-0.1, -0.05) is 6.92 Å². The second-order valence-electron chi connectivity index (χ2n) is 5.24. The number of hydrogen-bond donors (Lipinski definition) is 2. The molecule has 0 aliphatic carbocycles. The van der Waals surface area contributed by atoms with E-state index in [1.165, 1.54) is 0 Å². The largest absolute Gasteiger partial charge is 0.389 e. The van der Waals surface area contributed by atoms with Gasteiger partial charge in [0.2, 0.25) is 0 Å². The molecule has 0 bridgehead atoms. The number of nitrogens with one attached hydrogen (secondary N) is 1. The summed E-state index contributed by atoms with van der Waals surface area (Å²) in [6, 6.07) is 1.94. The van der Waals surface area contributed by atoms with Crippen molar-refractivity contribution in [2.75, 3.05) is 29.9 Å². The van der Waals surface area contributed by atoms with Gasteiger partial charge >= 0.3 is 0 Å². The molecule has 0 saturated carbocycles. The van der Waals surface area contributed by atoms with Gasteiger partial charge in [-0.2, -0.15) is 0 Å². The first-order valence-corrected chi connectivity index (χ1v) is 6.98. The van der Waals surface area contributed by atoms with Gasteiger partial charge < -0.3 is 15.3 Å². The van der Waals surface area contributed by atoms with E-state index in [-0.39, 0.29) is 0 Å². The fourth-order valence-electron chi connectivity index (χ4n) is 1.90. The van der Waals surface area contributed by atoms with Crippen molar-refractivity contribution in [2.45, 2.75) is 46.6 Å². The molecule has 0 radical (unpaired) electrons. The SMILES string of the molecule is CCNc1cc(N(CC)CC(C)(C)O)nc(CC)n1. The minimum atomic E-state index is -0.744. The molecule has 0 atom stereocenters. The van der Waals surface area contributed by atoms with E-state index >= 15 is 0 Å². The van der Waals surface area contributed by atoms with Crippen LogP contribution < -0.4 is 10.2 Å². The summed E-state index contributed by atoms with van der Waals surface area (Å²) in [4.78, 5) is 11.1. The van der Waals surface area contributed by atoms with E-state index in [4.69, 9.17) is 0 Å². The second kappa shape index (κ2) is 6.70. The smallest absolute Gasteiger partial charge is 0.134 e. The molecule has 0 aliphatic rings. The highest BCUT2D eigenvalue weighted by atomic mass is 16.3. The van der Waals surface area contributed by atoms with E-state index in [9.17, 15) is 5.11 Å². The monoisotopic (exact) mass is 266 g/mol. The number of nitrogens with zero attached hydrogens (tertiary/aromatic N) is 3. The molecule has 1 rings (SSSR count). The zero-order valence-corrected chi connectivity index (χ0v) is 12.7. The van der Waals surface area contributed by atoms with Crippen molar-refractivity contribution in [2.24, 2.45) is 0 Å². The van der Waals surface area contributed by atoms with Gasteiger partial charge in [-0.05, 0) is 27.7 Å². The average Bonchev–Trinajstić information content (AvgIpc) is 2.34. The van der Waals surface area contributed by atoms with Crippen LogP contribution in [0.3, 0.4) is 0 Å². The number of aryl methyl sites for hydroxylation is 1. The van der Waals surface area contributed by atoms with Gasteiger partial charge in [-0.25, -0.2) is 9.97 Å². The minimum absolute atomic E-state index is 0.551. The topological polar surface area (TPSA) is 61.3 Å². The third-order valence-corrected chi connectivity index (χ3v) is 2.72. The Hall–Kier alpha value is -1.36. The van der Waals surface area contributed by atoms with Crippen molar-refractivity contribution < 1.29 is 5.11 Å². The predicted molar refractivity (Wildman–Crippen MR) is 79.8 cm³/mol. The van der Waals surface area contributed by atoms with Crippen molar-refractivity contribution in [1.29, 1.82) is 0 Å². The fraction of sp³-hybridized carbons (Fsp3) is 0.714. The minimum Gasteiger partial charge on any atom is -0.389 e. The van der Waals surface area contributed by atoms with Crippen LogP contribution in [0.15, 0.2) is 6.07 Å². The maximum atomic E-state index is 9.98. The summed E-state index contributed by atoms with van der Waals surface area (Å²) in [6.07, 6.45) is 0.798. The van der Waals surface area contributed by atoms with Crippen molar-refractivity contribution in [3.63, 3.8) is 0 Å². The van der Waals surface area contributed by atoms with Gasteiger partial charge in [0.1, 0.15) is 17.5 Å². The highest BCUT2D eigenvalue weighted by molar-refractivity contribution is 5.49. The van der Waals surface area contributed by atoms with Gasteiger partial charge in [0.05, 0.1) is 5.60 Å². The van der Waals surface area contributed by atoms with Crippen molar-refractivity contribution in [1.82, 2.24) is 9.97 Å². The Morgan fingerprint density at radius 3 is 2.42 bits per heavy atom. The van der Waals surface area contributed by atoms with Gasteiger partial charge in [0.15, 0.2) is 0 Å². The van der Waals surface area contributed by atoms with E-state index < -0.39 is 5.60 Å². The zero-order chi connectivity index (χ0) is 14.5. The summed E-state index contributed by atoms with van der Waals surface area (Å²) in [5.41, 5.74) is -0.744. The van der Waals surface area contributed by atoms with Crippen LogP contribution in [0.2, 0.25) is 0 Å². The van der Waals surface area contributed by atoms with Crippen LogP contribution in [0.25, 0.3) is 0 Å². The number of aliphatic hydroxyl groups is 1. The lowest BCUT2D eigenvalue weighted by atomic mass is 10.1. The number of aromatic nitrogens is 2. The molecule has 0 fully saturated rings. The highest BCUT2D eigenvalue weighted by Gasteiger charge is 2.19. The van der Waals surface area contributed by atoms with Crippen molar-refractivity contribution in [3.8, 4) is 0 Å². The molecule has 19 heavy (non-hydrogen) atoms.